The highest BCUT2D eigenvalue weighted by Crippen LogP contribution is 2.20. The summed E-state index contributed by atoms with van der Waals surface area (Å²) in [7, 11) is 2.15. The van der Waals surface area contributed by atoms with Gasteiger partial charge in [-0.05, 0) is 60.5 Å². The van der Waals surface area contributed by atoms with E-state index in [1.165, 1.54) is 18.9 Å². The van der Waals surface area contributed by atoms with Gasteiger partial charge in [-0.2, -0.15) is 0 Å². The summed E-state index contributed by atoms with van der Waals surface area (Å²) in [5.74, 6) is -0.187. The molecular weight excluding hydrogens is 283 g/mol. The number of likely N-dealkylation sites (tertiary alicyclic amines) is 1. The van der Waals surface area contributed by atoms with E-state index in [2.05, 4.69) is 33.2 Å². The van der Waals surface area contributed by atoms with Gasteiger partial charge in [0.1, 0.15) is 5.82 Å². The third kappa shape index (κ3) is 3.50. The Morgan fingerprint density at radius 3 is 2.82 bits per heavy atom. The van der Waals surface area contributed by atoms with Crippen LogP contribution in [0.2, 0.25) is 0 Å². The van der Waals surface area contributed by atoms with E-state index in [4.69, 9.17) is 0 Å². The van der Waals surface area contributed by atoms with Crippen molar-refractivity contribution in [2.24, 2.45) is 0 Å². The van der Waals surface area contributed by atoms with Crippen molar-refractivity contribution >= 4 is 15.9 Å². The van der Waals surface area contributed by atoms with Crippen LogP contribution in [0.4, 0.5) is 4.39 Å². The van der Waals surface area contributed by atoms with Gasteiger partial charge in [0.15, 0.2) is 0 Å². The summed E-state index contributed by atoms with van der Waals surface area (Å²) in [5.41, 5.74) is 0.990. The molecule has 0 saturated carbocycles. The molecule has 0 radical (unpaired) electrons. The summed E-state index contributed by atoms with van der Waals surface area (Å²) in [5, 5.41) is 3.50. The maximum absolute atomic E-state index is 13.3. The van der Waals surface area contributed by atoms with E-state index in [0.29, 0.717) is 10.5 Å². The van der Waals surface area contributed by atoms with Crippen LogP contribution in [0.1, 0.15) is 18.4 Å². The lowest BCUT2D eigenvalue weighted by molar-refractivity contribution is 0.234. The molecule has 0 aliphatic carbocycles. The molecule has 1 aliphatic rings. The van der Waals surface area contributed by atoms with E-state index in [0.717, 1.165) is 25.2 Å². The van der Waals surface area contributed by atoms with Crippen LogP contribution in [-0.2, 0) is 6.54 Å². The molecule has 17 heavy (non-hydrogen) atoms. The lowest BCUT2D eigenvalue weighted by atomic mass is 10.1. The van der Waals surface area contributed by atoms with Crippen LogP contribution in [0.25, 0.3) is 0 Å². The zero-order valence-corrected chi connectivity index (χ0v) is 11.6. The molecule has 1 N–H and O–H groups in total. The summed E-state index contributed by atoms with van der Waals surface area (Å²) < 4.78 is 13.9. The Bertz CT molecular complexity index is 376. The van der Waals surface area contributed by atoms with Crippen LogP contribution < -0.4 is 5.32 Å². The maximum Gasteiger partial charge on any atom is 0.137 e. The van der Waals surface area contributed by atoms with Crippen molar-refractivity contribution in [3.05, 3.63) is 34.1 Å². The highest BCUT2D eigenvalue weighted by molar-refractivity contribution is 9.10. The third-order valence-corrected chi connectivity index (χ3v) is 4.22. The molecule has 2 nitrogen and oxygen atoms in total. The topological polar surface area (TPSA) is 15.3 Å². The molecule has 0 atom stereocenters. The lowest BCUT2D eigenvalue weighted by Gasteiger charge is -2.29. The van der Waals surface area contributed by atoms with E-state index in [1.54, 1.807) is 6.07 Å². The minimum absolute atomic E-state index is 0.187. The fraction of sp³-hybridized carbons (Fsp3) is 0.538. The zero-order chi connectivity index (χ0) is 12.3. The van der Waals surface area contributed by atoms with Gasteiger partial charge >= 0.3 is 0 Å². The van der Waals surface area contributed by atoms with Gasteiger partial charge in [-0.1, -0.05) is 12.1 Å². The summed E-state index contributed by atoms with van der Waals surface area (Å²) in [6, 6.07) is 5.74. The summed E-state index contributed by atoms with van der Waals surface area (Å²) in [6.45, 7) is 3.01. The normalized spacial score (nSPS) is 18.5. The number of halogens is 2. The number of hydrogen-bond donors (Lipinski definition) is 1. The monoisotopic (exact) mass is 300 g/mol. The largest absolute Gasteiger partial charge is 0.310 e. The predicted octanol–water partition coefficient (Wildman–Crippen LogP) is 2.77. The number of piperidine rings is 1. The van der Waals surface area contributed by atoms with Gasteiger partial charge in [0.25, 0.3) is 0 Å². The Kier molecular flexibility index (Phi) is 4.54. The Morgan fingerprint density at radius 1 is 1.41 bits per heavy atom. The molecule has 94 valence electrons. The van der Waals surface area contributed by atoms with Crippen LogP contribution in [0.3, 0.4) is 0 Å². The molecule has 0 aromatic heterocycles. The number of nitrogens with zero attached hydrogens (tertiary/aromatic N) is 1. The van der Waals surface area contributed by atoms with Gasteiger partial charge in [-0.15, -0.1) is 0 Å². The van der Waals surface area contributed by atoms with E-state index >= 15 is 0 Å². The summed E-state index contributed by atoms with van der Waals surface area (Å²) in [4.78, 5) is 2.34. The van der Waals surface area contributed by atoms with Crippen molar-refractivity contribution in [3.8, 4) is 0 Å². The second kappa shape index (κ2) is 5.94. The van der Waals surface area contributed by atoms with Crippen molar-refractivity contribution in [1.29, 1.82) is 0 Å². The first-order chi connectivity index (χ1) is 8.16. The summed E-state index contributed by atoms with van der Waals surface area (Å²) in [6.07, 6.45) is 2.34. The molecule has 1 aromatic rings. The van der Waals surface area contributed by atoms with Crippen LogP contribution >= 0.6 is 15.9 Å². The van der Waals surface area contributed by atoms with Crippen molar-refractivity contribution in [3.63, 3.8) is 0 Å². The second-order valence-electron chi connectivity index (χ2n) is 4.67. The van der Waals surface area contributed by atoms with Gasteiger partial charge < -0.3 is 10.2 Å². The van der Waals surface area contributed by atoms with E-state index in [-0.39, 0.29) is 5.82 Å². The molecule has 4 heteroatoms. The van der Waals surface area contributed by atoms with Gasteiger partial charge in [-0.25, -0.2) is 4.39 Å². The highest BCUT2D eigenvalue weighted by Gasteiger charge is 2.16. The first-order valence-electron chi connectivity index (χ1n) is 6.01. The van der Waals surface area contributed by atoms with Crippen LogP contribution in [0, 0.1) is 5.82 Å². The average Bonchev–Trinajstić information content (AvgIpc) is 2.33. The van der Waals surface area contributed by atoms with E-state index in [9.17, 15) is 4.39 Å². The quantitative estimate of drug-likeness (QED) is 0.923. The lowest BCUT2D eigenvalue weighted by Crippen LogP contribution is -2.40. The molecule has 2 rings (SSSR count). The van der Waals surface area contributed by atoms with E-state index < -0.39 is 0 Å². The molecule has 0 amide bonds. The second-order valence-corrected chi connectivity index (χ2v) is 5.46. The first-order valence-corrected chi connectivity index (χ1v) is 6.81. The van der Waals surface area contributed by atoms with Gasteiger partial charge in [-0.3, -0.25) is 0 Å². The molecule has 0 unspecified atom stereocenters. The minimum Gasteiger partial charge on any atom is -0.310 e. The van der Waals surface area contributed by atoms with Gasteiger partial charge in [0.2, 0.25) is 0 Å². The number of benzene rings is 1. The number of rotatable bonds is 3. The van der Waals surface area contributed by atoms with Crippen molar-refractivity contribution in [1.82, 2.24) is 10.2 Å². The van der Waals surface area contributed by atoms with Crippen molar-refractivity contribution < 1.29 is 4.39 Å². The van der Waals surface area contributed by atoms with Gasteiger partial charge in [0.05, 0.1) is 4.47 Å². The number of hydrogen-bond acceptors (Lipinski definition) is 2. The fourth-order valence-electron chi connectivity index (χ4n) is 2.15. The molecule has 0 bridgehead atoms. The molecule has 1 heterocycles. The maximum atomic E-state index is 13.3. The molecular formula is C13H18BrFN2. The molecule has 1 saturated heterocycles. The minimum atomic E-state index is -0.187. The Labute approximate surface area is 110 Å². The van der Waals surface area contributed by atoms with E-state index in [1.807, 2.05) is 6.07 Å². The third-order valence-electron chi connectivity index (χ3n) is 3.33. The standard InChI is InChI=1S/C13H18BrFN2/c1-17-7-5-11(6-8-17)16-9-10-3-2-4-12(15)13(10)14/h2-4,11,16H,5-9H2,1H3. The molecule has 1 fully saturated rings. The summed E-state index contributed by atoms with van der Waals surface area (Å²) >= 11 is 3.29. The first kappa shape index (κ1) is 13.0. The van der Waals surface area contributed by atoms with Crippen LogP contribution in [0.15, 0.2) is 22.7 Å². The predicted molar refractivity (Wildman–Crippen MR) is 71.5 cm³/mol. The van der Waals surface area contributed by atoms with Gasteiger partial charge in [0, 0.05) is 12.6 Å². The highest BCUT2D eigenvalue weighted by atomic mass is 79.9. The Morgan fingerprint density at radius 2 is 2.12 bits per heavy atom. The Hall–Kier alpha value is -0.450. The molecule has 1 aromatic carbocycles. The fourth-order valence-corrected chi connectivity index (χ4v) is 2.56. The Balaban J connectivity index is 1.87. The zero-order valence-electron chi connectivity index (χ0n) is 10.0. The van der Waals surface area contributed by atoms with Crippen LogP contribution in [0.5, 0.6) is 0 Å². The SMILES string of the molecule is CN1CCC(NCc2cccc(F)c2Br)CC1. The average molecular weight is 301 g/mol. The number of nitrogens with one attached hydrogen (secondary N) is 1. The van der Waals surface area contributed by atoms with Crippen molar-refractivity contribution in [2.45, 2.75) is 25.4 Å². The smallest absolute Gasteiger partial charge is 0.137 e. The van der Waals surface area contributed by atoms with Crippen LogP contribution in [-0.4, -0.2) is 31.1 Å². The molecule has 0 spiro atoms. The van der Waals surface area contributed by atoms with Crippen molar-refractivity contribution in [2.75, 3.05) is 20.1 Å². The molecule has 1 aliphatic heterocycles.